The van der Waals surface area contributed by atoms with Crippen LogP contribution in [0, 0.1) is 23.7 Å². The van der Waals surface area contributed by atoms with Gasteiger partial charge in [0.15, 0.2) is 8.07 Å². The van der Waals surface area contributed by atoms with Gasteiger partial charge in [0.2, 0.25) is 0 Å². The number of fused-ring (bicyclic) bond motifs is 8. The maximum Gasteiger partial charge on any atom is 0.179 e. The number of anilines is 3. The number of hydrogen-bond donors (Lipinski definition) is 0. The molecule has 0 atom stereocenters. The Balaban J connectivity index is 0.853. The van der Waals surface area contributed by atoms with Gasteiger partial charge in [-0.2, -0.15) is 0 Å². The summed E-state index contributed by atoms with van der Waals surface area (Å²) in [4.78, 5) is 2.61. The van der Waals surface area contributed by atoms with Crippen LogP contribution in [-0.4, -0.2) is 17.2 Å². The van der Waals surface area contributed by atoms with Crippen molar-refractivity contribution in [3.8, 4) is 11.4 Å². The van der Waals surface area contributed by atoms with Crippen LogP contribution in [0.1, 0.15) is 43.2 Å². The summed E-state index contributed by atoms with van der Waals surface area (Å²) in [5.74, 6) is 3.23. The topological polar surface area (TPSA) is 13.1 Å². The Morgan fingerprint density at radius 1 is 0.311 bits per heavy atom. The van der Waals surface area contributed by atoms with Gasteiger partial charge in [-0.3, -0.25) is 0 Å². The molecule has 354 valence electrons. The third kappa shape index (κ3) is 5.83. The molecule has 3 nitrogen and oxygen atoms in total. The zero-order valence-corrected chi connectivity index (χ0v) is 42.4. The fraction of sp³-hybridized carbons (Fsp3) is 0.143. The Morgan fingerprint density at radius 2 is 0.716 bits per heavy atom. The van der Waals surface area contributed by atoms with Gasteiger partial charge in [0.05, 0.1) is 33.4 Å². The Labute approximate surface area is 433 Å². The van der Waals surface area contributed by atoms with Gasteiger partial charge in [-0.15, -0.1) is 0 Å². The first-order chi connectivity index (χ1) is 36.7. The summed E-state index contributed by atoms with van der Waals surface area (Å²) in [5.41, 5.74) is 14.3. The molecule has 1 spiro atoms. The van der Waals surface area contributed by atoms with Crippen molar-refractivity contribution in [2.45, 2.75) is 37.5 Å². The molecule has 10 aromatic carbocycles. The van der Waals surface area contributed by atoms with E-state index in [4.69, 9.17) is 0 Å². The molecule has 12 aromatic rings. The van der Waals surface area contributed by atoms with Crippen LogP contribution >= 0.6 is 0 Å². The van der Waals surface area contributed by atoms with Crippen LogP contribution in [0.4, 0.5) is 17.1 Å². The molecule has 1 aliphatic heterocycles. The van der Waals surface area contributed by atoms with Gasteiger partial charge in [-0.1, -0.05) is 176 Å². The van der Waals surface area contributed by atoms with Gasteiger partial charge in [-0.25, -0.2) is 0 Å². The average molecular weight is 966 g/mol. The third-order valence-electron chi connectivity index (χ3n) is 18.6. The summed E-state index contributed by atoms with van der Waals surface area (Å²) in [6, 6.07) is 94.6. The van der Waals surface area contributed by atoms with E-state index in [-0.39, 0.29) is 5.41 Å². The molecule has 3 heterocycles. The molecule has 0 radical (unpaired) electrons. The zero-order valence-electron chi connectivity index (χ0n) is 41.4. The van der Waals surface area contributed by atoms with Crippen LogP contribution in [-0.2, 0) is 5.41 Å². The fourth-order valence-electron chi connectivity index (χ4n) is 16.1. The van der Waals surface area contributed by atoms with E-state index in [0.717, 1.165) is 17.5 Å². The average Bonchev–Trinajstić information content (AvgIpc) is 3.98. The SMILES string of the molecule is c1ccc([Si](c2ccccc2)(c2ccccc2)c2cccc(-n3c4ccccc4c4cc(-n5c6ccccc6c6cc(N7c8ccccc8C8(c9ccccc97)C7CC9C[C@H](C7)C[C@H]8C9)ccc65)ccc43)c2)cc1. The molecule has 0 unspecified atom stereocenters. The Bertz CT molecular complexity index is 3990. The third-order valence-corrected chi connectivity index (χ3v) is 23.4. The second-order valence-corrected chi connectivity index (χ2v) is 25.9. The second-order valence-electron chi connectivity index (χ2n) is 22.0. The quantitative estimate of drug-likeness (QED) is 0.115. The van der Waals surface area contributed by atoms with Crippen molar-refractivity contribution >= 4 is 89.5 Å². The predicted octanol–water partition coefficient (Wildman–Crippen LogP) is 14.8. The van der Waals surface area contributed by atoms with E-state index in [9.17, 15) is 0 Å². The van der Waals surface area contributed by atoms with Crippen LogP contribution in [0.2, 0.25) is 0 Å². The van der Waals surface area contributed by atoms with E-state index in [1.54, 1.807) is 11.1 Å². The van der Waals surface area contributed by atoms with Crippen molar-refractivity contribution in [2.24, 2.45) is 23.7 Å². The number of rotatable bonds is 7. The molecular weight excluding hydrogens is 911 g/mol. The van der Waals surface area contributed by atoms with E-state index in [0.29, 0.717) is 11.8 Å². The van der Waals surface area contributed by atoms with Crippen LogP contribution in [0.25, 0.3) is 55.0 Å². The molecule has 4 bridgehead atoms. The molecule has 5 aliphatic rings. The first-order valence-electron chi connectivity index (χ1n) is 27.0. The van der Waals surface area contributed by atoms with Gasteiger partial charge < -0.3 is 14.0 Å². The summed E-state index contributed by atoms with van der Waals surface area (Å²) in [6.07, 6.45) is 6.96. The summed E-state index contributed by atoms with van der Waals surface area (Å²) in [5, 5.41) is 10.5. The number of benzene rings is 10. The smallest absolute Gasteiger partial charge is 0.179 e. The Kier molecular flexibility index (Phi) is 9.24. The maximum atomic E-state index is 2.61. The highest BCUT2D eigenvalue weighted by Gasteiger charge is 2.61. The standard InChI is InChI=1S/C70H55N3Si/c1-4-20-54(21-5-1)74(55-22-6-2-7-23-55,56-24-8-3-9-25-56)57-26-18-19-51(44-57)71-64-31-14-10-27-58(64)60-45-52(35-37-66(60)71)72-65-32-15-11-28-59(65)61-46-53(36-38-67(61)72)73-68-33-16-12-29-62(68)70(63-30-13-17-34-69(63)73)49-40-47-39-48(42-49)43-50(70)41-47/h1-38,44-50H,39-43H2/t47-,48?,49-,50?/m0/s1. The molecule has 0 saturated heterocycles. The number of hydrogen-bond acceptors (Lipinski definition) is 1. The minimum Gasteiger partial charge on any atom is -0.310 e. The first kappa shape index (κ1) is 42.3. The zero-order chi connectivity index (χ0) is 48.5. The fourth-order valence-corrected chi connectivity index (χ4v) is 20.9. The minimum absolute atomic E-state index is 0.0839. The highest BCUT2D eigenvalue weighted by molar-refractivity contribution is 7.19. The largest absolute Gasteiger partial charge is 0.310 e. The van der Waals surface area contributed by atoms with E-state index < -0.39 is 8.07 Å². The lowest BCUT2D eigenvalue weighted by molar-refractivity contribution is -0.0419. The summed E-state index contributed by atoms with van der Waals surface area (Å²) >= 11 is 0. The molecule has 4 heteroatoms. The van der Waals surface area contributed by atoms with Crippen LogP contribution in [0.5, 0.6) is 0 Å². The summed E-state index contributed by atoms with van der Waals surface area (Å²) in [7, 11) is -2.76. The Morgan fingerprint density at radius 3 is 1.24 bits per heavy atom. The molecule has 74 heavy (non-hydrogen) atoms. The van der Waals surface area contributed by atoms with Gasteiger partial charge in [0.25, 0.3) is 0 Å². The van der Waals surface area contributed by atoms with E-state index in [1.807, 2.05) is 0 Å². The highest BCUT2D eigenvalue weighted by Crippen LogP contribution is 2.69. The van der Waals surface area contributed by atoms with Crippen molar-refractivity contribution < 1.29 is 0 Å². The lowest BCUT2D eigenvalue weighted by Crippen LogP contribution is -2.74. The van der Waals surface area contributed by atoms with Crippen molar-refractivity contribution in [3.63, 3.8) is 0 Å². The van der Waals surface area contributed by atoms with Crippen molar-refractivity contribution in [2.75, 3.05) is 4.90 Å². The van der Waals surface area contributed by atoms with Gasteiger partial charge in [-0.05, 0) is 160 Å². The van der Waals surface area contributed by atoms with Crippen molar-refractivity contribution in [1.82, 2.24) is 9.13 Å². The van der Waals surface area contributed by atoms with Gasteiger partial charge in [0.1, 0.15) is 0 Å². The van der Waals surface area contributed by atoms with Crippen LogP contribution < -0.4 is 25.6 Å². The predicted molar refractivity (Wildman–Crippen MR) is 311 cm³/mol. The lowest BCUT2D eigenvalue weighted by Gasteiger charge is -2.64. The molecule has 4 aliphatic carbocycles. The molecule has 0 N–H and O–H groups in total. The second kappa shape index (κ2) is 16.2. The first-order valence-corrected chi connectivity index (χ1v) is 29.0. The van der Waals surface area contributed by atoms with Crippen LogP contribution in [0.15, 0.2) is 249 Å². The van der Waals surface area contributed by atoms with Crippen molar-refractivity contribution in [3.05, 3.63) is 260 Å². The van der Waals surface area contributed by atoms with Gasteiger partial charge in [0, 0.05) is 44.0 Å². The molecule has 0 amide bonds. The molecular formula is C70H55N3Si. The summed E-state index contributed by atoms with van der Waals surface area (Å²) < 4.78 is 5.00. The van der Waals surface area contributed by atoms with E-state index in [2.05, 4.69) is 263 Å². The number of nitrogens with zero attached hydrogens (tertiary/aromatic N) is 3. The molecule has 4 fully saturated rings. The molecule has 4 saturated carbocycles. The maximum absolute atomic E-state index is 2.76. The minimum atomic E-state index is -2.76. The number of para-hydroxylation sites is 4. The van der Waals surface area contributed by atoms with Gasteiger partial charge >= 0.3 is 0 Å². The van der Waals surface area contributed by atoms with Crippen molar-refractivity contribution in [1.29, 1.82) is 0 Å². The highest BCUT2D eigenvalue weighted by atomic mass is 28.3. The molecule has 17 rings (SSSR count). The normalized spacial score (nSPS) is 19.4. The Hall–Kier alpha value is -8.18. The lowest BCUT2D eigenvalue weighted by atomic mass is 9.41. The monoisotopic (exact) mass is 965 g/mol. The summed E-state index contributed by atoms with van der Waals surface area (Å²) in [6.45, 7) is 0. The van der Waals surface area contributed by atoms with E-state index in [1.165, 1.54) is 119 Å². The van der Waals surface area contributed by atoms with Crippen LogP contribution in [0.3, 0.4) is 0 Å². The molecule has 2 aromatic heterocycles. The van der Waals surface area contributed by atoms with E-state index >= 15 is 0 Å². The number of aromatic nitrogens is 2.